The van der Waals surface area contributed by atoms with E-state index in [4.69, 9.17) is 23.2 Å². The van der Waals surface area contributed by atoms with Crippen LogP contribution in [-0.4, -0.2) is 10.9 Å². The largest absolute Gasteiger partial charge is 0.322 e. The van der Waals surface area contributed by atoms with E-state index in [1.54, 1.807) is 36.5 Å². The smallest absolute Gasteiger partial charge is 0.255 e. The molecule has 0 spiro atoms. The van der Waals surface area contributed by atoms with Gasteiger partial charge in [0.2, 0.25) is 0 Å². The van der Waals surface area contributed by atoms with E-state index in [-0.39, 0.29) is 5.91 Å². The molecule has 0 atom stereocenters. The second-order valence-electron chi connectivity index (χ2n) is 3.48. The minimum absolute atomic E-state index is 0.253. The lowest BCUT2D eigenvalue weighted by Gasteiger charge is -2.06. The second kappa shape index (κ2) is 5.69. The molecule has 0 aliphatic rings. The highest BCUT2D eigenvalue weighted by Gasteiger charge is 2.07. The van der Waals surface area contributed by atoms with Crippen LogP contribution in [0.1, 0.15) is 10.4 Å². The van der Waals surface area contributed by atoms with Gasteiger partial charge >= 0.3 is 0 Å². The summed E-state index contributed by atoms with van der Waals surface area (Å²) in [6.07, 6.45) is 1.55. The van der Waals surface area contributed by atoms with Crippen molar-refractivity contribution in [3.8, 4) is 0 Å². The molecule has 2 rings (SSSR count). The average molecular weight is 346 g/mol. The van der Waals surface area contributed by atoms with Crippen molar-refractivity contribution in [3.63, 3.8) is 0 Å². The molecule has 92 valence electrons. The zero-order chi connectivity index (χ0) is 13.1. The van der Waals surface area contributed by atoms with Crippen molar-refractivity contribution >= 4 is 50.7 Å². The topological polar surface area (TPSA) is 42.0 Å². The highest BCUT2D eigenvalue weighted by Crippen LogP contribution is 2.23. The Morgan fingerprint density at radius 1 is 1.17 bits per heavy atom. The molecule has 0 unspecified atom stereocenters. The zero-order valence-electron chi connectivity index (χ0n) is 8.95. The van der Waals surface area contributed by atoms with Gasteiger partial charge < -0.3 is 5.32 Å². The first-order valence-electron chi connectivity index (χ1n) is 4.93. The number of rotatable bonds is 2. The maximum Gasteiger partial charge on any atom is 0.255 e. The van der Waals surface area contributed by atoms with Crippen LogP contribution < -0.4 is 5.32 Å². The maximum atomic E-state index is 11.9. The summed E-state index contributed by atoms with van der Waals surface area (Å²) in [4.78, 5) is 15.9. The molecule has 0 fully saturated rings. The molecule has 0 saturated carbocycles. The molecule has 6 heteroatoms. The fourth-order valence-corrected chi connectivity index (χ4v) is 2.26. The van der Waals surface area contributed by atoms with Gasteiger partial charge in [-0.1, -0.05) is 23.2 Å². The molecule has 0 saturated heterocycles. The van der Waals surface area contributed by atoms with Crippen molar-refractivity contribution in [2.24, 2.45) is 0 Å². The van der Waals surface area contributed by atoms with Gasteiger partial charge in [0, 0.05) is 27.5 Å². The minimum atomic E-state index is -0.253. The van der Waals surface area contributed by atoms with Crippen molar-refractivity contribution in [2.75, 3.05) is 5.32 Å². The Morgan fingerprint density at radius 2 is 1.83 bits per heavy atom. The summed E-state index contributed by atoms with van der Waals surface area (Å²) in [6, 6.07) is 8.10. The van der Waals surface area contributed by atoms with E-state index >= 15 is 0 Å². The highest BCUT2D eigenvalue weighted by atomic mass is 79.9. The first kappa shape index (κ1) is 13.3. The van der Waals surface area contributed by atoms with Gasteiger partial charge in [-0.3, -0.25) is 4.79 Å². The molecular weight excluding hydrogens is 339 g/mol. The molecule has 0 bridgehead atoms. The Bertz CT molecular complexity index is 584. The number of hydrogen-bond acceptors (Lipinski definition) is 2. The Morgan fingerprint density at radius 3 is 2.44 bits per heavy atom. The molecule has 1 amide bonds. The summed E-state index contributed by atoms with van der Waals surface area (Å²) in [7, 11) is 0. The zero-order valence-corrected chi connectivity index (χ0v) is 12.1. The van der Waals surface area contributed by atoms with E-state index in [9.17, 15) is 4.79 Å². The predicted molar refractivity (Wildman–Crippen MR) is 76.4 cm³/mol. The second-order valence-corrected chi connectivity index (χ2v) is 5.16. The number of pyridine rings is 1. The fourth-order valence-electron chi connectivity index (χ4n) is 1.37. The third-order valence-corrected chi connectivity index (χ3v) is 2.98. The summed E-state index contributed by atoms with van der Waals surface area (Å²) in [5.74, 6) is -0.253. The number of aromatic nitrogens is 1. The van der Waals surface area contributed by atoms with E-state index in [0.717, 1.165) is 0 Å². The van der Waals surface area contributed by atoms with Crippen LogP contribution in [0.3, 0.4) is 0 Å². The summed E-state index contributed by atoms with van der Waals surface area (Å²) in [5.41, 5.74) is 1.04. The first-order chi connectivity index (χ1) is 8.54. The number of anilines is 1. The molecule has 1 heterocycles. The van der Waals surface area contributed by atoms with E-state index < -0.39 is 0 Å². The van der Waals surface area contributed by atoms with Crippen LogP contribution in [0.4, 0.5) is 5.69 Å². The number of nitrogens with one attached hydrogen (secondary N) is 1. The molecule has 1 aromatic carbocycles. The molecule has 18 heavy (non-hydrogen) atoms. The number of hydrogen-bond donors (Lipinski definition) is 1. The summed E-state index contributed by atoms with van der Waals surface area (Å²) in [6.45, 7) is 0. The normalized spacial score (nSPS) is 10.2. The van der Waals surface area contributed by atoms with Crippen molar-refractivity contribution in [1.29, 1.82) is 0 Å². The Kier molecular flexibility index (Phi) is 4.22. The number of halogens is 3. The van der Waals surface area contributed by atoms with Gasteiger partial charge in [0.1, 0.15) is 4.60 Å². The van der Waals surface area contributed by atoms with Gasteiger partial charge in [0.05, 0.1) is 0 Å². The molecule has 1 N–H and O–H groups in total. The van der Waals surface area contributed by atoms with Gasteiger partial charge in [-0.25, -0.2) is 4.98 Å². The maximum absolute atomic E-state index is 11.9. The van der Waals surface area contributed by atoms with Gasteiger partial charge in [-0.2, -0.15) is 0 Å². The molecule has 2 aromatic rings. The van der Waals surface area contributed by atoms with Gasteiger partial charge in [-0.05, 0) is 46.3 Å². The van der Waals surface area contributed by atoms with Crippen LogP contribution in [0.2, 0.25) is 10.0 Å². The average Bonchev–Trinajstić information content (AvgIpc) is 2.27. The van der Waals surface area contributed by atoms with Gasteiger partial charge in [-0.15, -0.1) is 0 Å². The molecule has 0 radical (unpaired) electrons. The lowest BCUT2D eigenvalue weighted by Crippen LogP contribution is -2.11. The molecule has 0 aliphatic heterocycles. The van der Waals surface area contributed by atoms with Crippen LogP contribution in [0.15, 0.2) is 41.1 Å². The molecule has 1 aromatic heterocycles. The monoisotopic (exact) mass is 344 g/mol. The van der Waals surface area contributed by atoms with E-state index in [0.29, 0.717) is 25.9 Å². The van der Waals surface area contributed by atoms with Gasteiger partial charge in [0.25, 0.3) is 5.91 Å². The SMILES string of the molecule is O=C(Nc1cc(Cl)cc(Cl)c1)c1ccnc(Br)c1. The van der Waals surface area contributed by atoms with E-state index in [2.05, 4.69) is 26.2 Å². The van der Waals surface area contributed by atoms with Crippen molar-refractivity contribution in [3.05, 3.63) is 56.7 Å². The van der Waals surface area contributed by atoms with Crippen molar-refractivity contribution in [2.45, 2.75) is 0 Å². The number of carbonyl (C=O) groups is 1. The van der Waals surface area contributed by atoms with E-state index in [1.165, 1.54) is 0 Å². The quantitative estimate of drug-likeness (QED) is 0.819. The fraction of sp³-hybridized carbons (Fsp3) is 0. The number of carbonyl (C=O) groups excluding carboxylic acids is 1. The van der Waals surface area contributed by atoms with Crippen molar-refractivity contribution in [1.82, 2.24) is 4.98 Å². The lowest BCUT2D eigenvalue weighted by molar-refractivity contribution is 0.102. The van der Waals surface area contributed by atoms with Crippen LogP contribution in [-0.2, 0) is 0 Å². The Balaban J connectivity index is 2.21. The van der Waals surface area contributed by atoms with Gasteiger partial charge in [0.15, 0.2) is 0 Å². The summed E-state index contributed by atoms with van der Waals surface area (Å²) >= 11 is 14.9. The van der Waals surface area contributed by atoms with Crippen LogP contribution >= 0.6 is 39.1 Å². The third kappa shape index (κ3) is 3.45. The minimum Gasteiger partial charge on any atom is -0.322 e. The van der Waals surface area contributed by atoms with Crippen LogP contribution in [0.5, 0.6) is 0 Å². The summed E-state index contributed by atoms with van der Waals surface area (Å²) in [5, 5.41) is 3.64. The third-order valence-electron chi connectivity index (χ3n) is 2.11. The van der Waals surface area contributed by atoms with Crippen LogP contribution in [0.25, 0.3) is 0 Å². The van der Waals surface area contributed by atoms with Crippen LogP contribution in [0, 0.1) is 0 Å². The Hall–Kier alpha value is -1.10. The van der Waals surface area contributed by atoms with E-state index in [1.807, 2.05) is 0 Å². The molecular formula is C12H7BrCl2N2O. The lowest BCUT2D eigenvalue weighted by atomic mass is 10.2. The summed E-state index contributed by atoms with van der Waals surface area (Å²) < 4.78 is 0.597. The molecule has 0 aliphatic carbocycles. The predicted octanol–water partition coefficient (Wildman–Crippen LogP) is 4.40. The Labute approximate surface area is 122 Å². The first-order valence-corrected chi connectivity index (χ1v) is 6.48. The van der Waals surface area contributed by atoms with Crippen molar-refractivity contribution < 1.29 is 4.79 Å². The molecule has 3 nitrogen and oxygen atoms in total. The number of amides is 1. The standard InChI is InChI=1S/C12H7BrCl2N2O/c13-11-3-7(1-2-16-11)12(18)17-10-5-8(14)4-9(15)6-10/h1-6H,(H,17,18). The highest BCUT2D eigenvalue weighted by molar-refractivity contribution is 9.10. The number of nitrogens with zero attached hydrogens (tertiary/aromatic N) is 1. The number of benzene rings is 1.